The predicted molar refractivity (Wildman–Crippen MR) is 40.8 cm³/mol. The Kier molecular flexibility index (Phi) is 5.06. The zero-order valence-corrected chi connectivity index (χ0v) is 10.2. The van der Waals surface area contributed by atoms with Crippen LogP contribution in [0.1, 0.15) is 24.5 Å². The molecule has 0 bridgehead atoms. The molecule has 0 aliphatic carbocycles. The van der Waals surface area contributed by atoms with E-state index in [9.17, 15) is 0 Å². The van der Waals surface area contributed by atoms with Crippen LogP contribution < -0.4 is 0 Å². The molecule has 0 aliphatic heterocycles. The number of hydrogen-bond acceptors (Lipinski definition) is 0. The molecule has 0 aromatic heterocycles. The van der Waals surface area contributed by atoms with Gasteiger partial charge in [-0.1, -0.05) is 26.7 Å². The third-order valence-electron chi connectivity index (χ3n) is 1.67. The van der Waals surface area contributed by atoms with Crippen LogP contribution in [0.2, 0.25) is 0 Å². The minimum atomic E-state index is 0. The van der Waals surface area contributed by atoms with Crippen molar-refractivity contribution in [2.45, 2.75) is 26.7 Å². The first-order chi connectivity index (χ1) is 4.34. The van der Waals surface area contributed by atoms with E-state index in [0.717, 1.165) is 0 Å². The van der Waals surface area contributed by atoms with Crippen LogP contribution in [0.5, 0.6) is 0 Å². The minimum Gasteiger partial charge on any atom is -0.213 e. The Morgan fingerprint density at radius 1 is 1.50 bits per heavy atom. The Morgan fingerprint density at radius 2 is 2.20 bits per heavy atom. The molecule has 0 radical (unpaired) electrons. The van der Waals surface area contributed by atoms with E-state index in [1.165, 1.54) is 24.0 Å². The maximum Gasteiger partial charge on any atom is 0 e. The van der Waals surface area contributed by atoms with E-state index in [4.69, 9.17) is 0 Å². The normalized spacial score (nSPS) is 9.00. The molecule has 0 amide bonds. The zero-order chi connectivity index (χ0) is 6.69. The van der Waals surface area contributed by atoms with E-state index in [0.29, 0.717) is 0 Å². The maximum absolute atomic E-state index is 2.21. The summed E-state index contributed by atoms with van der Waals surface area (Å²) in [5, 5.41) is 0. The Bertz CT molecular complexity index is 177. The van der Waals surface area contributed by atoms with E-state index >= 15 is 0 Å². The molecule has 54 valence electrons. The van der Waals surface area contributed by atoms with Crippen molar-refractivity contribution in [1.82, 2.24) is 0 Å². The fourth-order valence-corrected chi connectivity index (χ4v) is 1.10. The van der Waals surface area contributed by atoms with Gasteiger partial charge in [0.2, 0.25) is 0 Å². The number of hydrogen-bond donors (Lipinski definition) is 0. The van der Waals surface area contributed by atoms with Gasteiger partial charge in [-0.3, -0.25) is 0 Å². The predicted octanol–water partition coefficient (Wildman–Crippen LogP) is 2.66. The summed E-state index contributed by atoms with van der Waals surface area (Å²) in [4.78, 5) is 0. The Morgan fingerprint density at radius 3 is 2.60 bits per heavy atom. The zero-order valence-electron chi connectivity index (χ0n) is 6.65. The van der Waals surface area contributed by atoms with E-state index < -0.39 is 0 Å². The molecule has 0 atom stereocenters. The van der Waals surface area contributed by atoms with Crippen molar-refractivity contribution in [3.05, 3.63) is 29.3 Å². The van der Waals surface area contributed by atoms with Gasteiger partial charge < -0.3 is 0 Å². The van der Waals surface area contributed by atoms with Gasteiger partial charge in [-0.2, -0.15) is 17.2 Å². The molecule has 0 fully saturated rings. The molecule has 0 unspecified atom stereocenters. The van der Waals surface area contributed by atoms with E-state index in [1.54, 1.807) is 0 Å². The van der Waals surface area contributed by atoms with Crippen molar-refractivity contribution in [3.63, 3.8) is 0 Å². The second kappa shape index (κ2) is 4.95. The first-order valence-electron chi connectivity index (χ1n) is 3.55. The fraction of sp³-hybridized carbons (Fsp3) is 0.444. The number of aryl methyl sites for hydroxylation is 2. The Hall–Kier alpha value is 0.220. The molecule has 0 saturated carbocycles. The molecule has 0 saturated heterocycles. The van der Waals surface area contributed by atoms with Crippen LogP contribution in [0.4, 0.5) is 0 Å². The molecule has 0 aliphatic rings. The quantitative estimate of drug-likeness (QED) is 0.582. The summed E-state index contributed by atoms with van der Waals surface area (Å²) in [6.45, 7) is 4.39. The second-order valence-corrected chi connectivity index (χ2v) is 2.48. The standard InChI is InChI=1S/C9H13.Hf/c1-3-5-9-7-4-6-8(9)2;/h4,6-7H,3,5H2,1-2H3;/q-1;. The average molecular weight is 300 g/mol. The molecular formula is C9H13Hf-. The van der Waals surface area contributed by atoms with Crippen LogP contribution in [-0.4, -0.2) is 0 Å². The molecule has 1 heteroatoms. The second-order valence-electron chi connectivity index (χ2n) is 2.48. The molecule has 0 heterocycles. The van der Waals surface area contributed by atoms with Gasteiger partial charge in [0.05, 0.1) is 0 Å². The van der Waals surface area contributed by atoms with Crippen molar-refractivity contribution in [2.24, 2.45) is 0 Å². The molecule has 0 nitrogen and oxygen atoms in total. The smallest absolute Gasteiger partial charge is 0 e. The van der Waals surface area contributed by atoms with E-state index in [2.05, 4.69) is 32.0 Å². The molecule has 1 aromatic rings. The van der Waals surface area contributed by atoms with Gasteiger partial charge in [0.15, 0.2) is 0 Å². The van der Waals surface area contributed by atoms with E-state index in [-0.39, 0.29) is 25.8 Å². The monoisotopic (exact) mass is 301 g/mol. The summed E-state index contributed by atoms with van der Waals surface area (Å²) in [6.07, 6.45) is 2.49. The Labute approximate surface area is 81.8 Å². The minimum absolute atomic E-state index is 0. The van der Waals surface area contributed by atoms with Gasteiger partial charge in [0.25, 0.3) is 0 Å². The van der Waals surface area contributed by atoms with Crippen LogP contribution in [0.15, 0.2) is 18.2 Å². The summed E-state index contributed by atoms with van der Waals surface area (Å²) in [6, 6.07) is 6.50. The average Bonchev–Trinajstić information content (AvgIpc) is 2.18. The maximum atomic E-state index is 2.21. The summed E-state index contributed by atoms with van der Waals surface area (Å²) in [5.74, 6) is 0. The number of rotatable bonds is 2. The third kappa shape index (κ3) is 2.45. The van der Waals surface area contributed by atoms with Crippen LogP contribution >= 0.6 is 0 Å². The van der Waals surface area contributed by atoms with Gasteiger partial charge in [-0.05, 0) is 0 Å². The topological polar surface area (TPSA) is 0 Å². The Balaban J connectivity index is 0.000000810. The summed E-state index contributed by atoms with van der Waals surface area (Å²) in [7, 11) is 0. The van der Waals surface area contributed by atoms with Crippen molar-refractivity contribution >= 4 is 0 Å². The van der Waals surface area contributed by atoms with Crippen LogP contribution in [0, 0.1) is 6.92 Å². The van der Waals surface area contributed by atoms with Crippen LogP contribution in [0.25, 0.3) is 0 Å². The molecule has 0 spiro atoms. The van der Waals surface area contributed by atoms with Gasteiger partial charge in [0, 0.05) is 25.8 Å². The van der Waals surface area contributed by atoms with E-state index in [1.807, 2.05) is 0 Å². The summed E-state index contributed by atoms with van der Waals surface area (Å²) >= 11 is 0. The SMILES string of the molecule is CCC[c-]1cccc1C.[Hf]. The molecule has 1 aromatic carbocycles. The van der Waals surface area contributed by atoms with Crippen LogP contribution in [-0.2, 0) is 32.3 Å². The van der Waals surface area contributed by atoms with Crippen molar-refractivity contribution in [2.75, 3.05) is 0 Å². The fourth-order valence-electron chi connectivity index (χ4n) is 1.10. The molecule has 10 heavy (non-hydrogen) atoms. The van der Waals surface area contributed by atoms with Gasteiger partial charge in [-0.25, -0.2) is 12.1 Å². The van der Waals surface area contributed by atoms with Gasteiger partial charge in [0.1, 0.15) is 0 Å². The molecule has 1 rings (SSSR count). The van der Waals surface area contributed by atoms with Gasteiger partial charge in [-0.15, -0.1) is 0 Å². The van der Waals surface area contributed by atoms with Crippen molar-refractivity contribution in [1.29, 1.82) is 0 Å². The van der Waals surface area contributed by atoms with Crippen molar-refractivity contribution in [3.8, 4) is 0 Å². The summed E-state index contributed by atoms with van der Waals surface area (Å²) < 4.78 is 0. The van der Waals surface area contributed by atoms with Crippen molar-refractivity contribution < 1.29 is 25.8 Å². The first-order valence-corrected chi connectivity index (χ1v) is 3.55. The van der Waals surface area contributed by atoms with Gasteiger partial charge >= 0.3 is 0 Å². The molecular weight excluding hydrogens is 287 g/mol. The largest absolute Gasteiger partial charge is 0.213 e. The molecule has 0 N–H and O–H groups in total. The third-order valence-corrected chi connectivity index (χ3v) is 1.67. The summed E-state index contributed by atoms with van der Waals surface area (Å²) in [5.41, 5.74) is 2.95. The first kappa shape index (κ1) is 10.2. The van der Waals surface area contributed by atoms with Crippen LogP contribution in [0.3, 0.4) is 0 Å².